The summed E-state index contributed by atoms with van der Waals surface area (Å²) < 4.78 is 0. The van der Waals surface area contributed by atoms with Gasteiger partial charge in [-0.05, 0) is 24.6 Å². The molecule has 1 rings (SSSR count). The molecule has 0 amide bonds. The first-order valence-corrected chi connectivity index (χ1v) is 3.79. The van der Waals surface area contributed by atoms with Gasteiger partial charge in [0.05, 0.1) is 5.97 Å². The number of nitrogens with one attached hydrogen (secondary N) is 1. The molecule has 0 heterocycles. The number of hydrogen-bond acceptors (Lipinski definition) is 3. The molecule has 0 spiro atoms. The quantitative estimate of drug-likeness (QED) is 0.707. The van der Waals surface area contributed by atoms with Crippen LogP contribution in [0.4, 0.5) is 5.69 Å². The van der Waals surface area contributed by atoms with Gasteiger partial charge < -0.3 is 15.2 Å². The molecule has 1 aromatic carbocycles. The van der Waals surface area contributed by atoms with Gasteiger partial charge in [0.25, 0.3) is 0 Å². The number of carbonyl (C=O) groups excluding carboxylic acids is 1. The molecule has 0 saturated heterocycles. The van der Waals surface area contributed by atoms with Crippen molar-refractivity contribution in [3.05, 3.63) is 29.8 Å². The Morgan fingerprint density at radius 3 is 2.92 bits per heavy atom. The number of carbonyl (C=O) groups is 1. The van der Waals surface area contributed by atoms with E-state index in [1.54, 1.807) is 12.1 Å². The third-order valence-corrected chi connectivity index (χ3v) is 1.48. The summed E-state index contributed by atoms with van der Waals surface area (Å²) in [6.07, 6.45) is 0. The highest BCUT2D eigenvalue weighted by molar-refractivity contribution is 5.87. The Kier molecular flexibility index (Phi) is 2.69. The van der Waals surface area contributed by atoms with E-state index >= 15 is 0 Å². The van der Waals surface area contributed by atoms with E-state index < -0.39 is 5.97 Å². The molecule has 0 bridgehead atoms. The van der Waals surface area contributed by atoms with E-state index in [-0.39, 0.29) is 5.56 Å². The number of aromatic carboxylic acids is 1. The van der Waals surface area contributed by atoms with Crippen LogP contribution in [0.1, 0.15) is 17.3 Å². The summed E-state index contributed by atoms with van der Waals surface area (Å²) in [5.41, 5.74) is 1.01. The van der Waals surface area contributed by atoms with Gasteiger partial charge in [0.2, 0.25) is 0 Å². The van der Waals surface area contributed by atoms with E-state index in [4.69, 9.17) is 0 Å². The van der Waals surface area contributed by atoms with Crippen LogP contribution in [-0.2, 0) is 0 Å². The van der Waals surface area contributed by atoms with E-state index in [1.165, 1.54) is 6.07 Å². The van der Waals surface area contributed by atoms with Gasteiger partial charge in [0.15, 0.2) is 0 Å². The molecule has 0 aliphatic rings. The van der Waals surface area contributed by atoms with E-state index in [0.717, 1.165) is 12.2 Å². The average Bonchev–Trinajstić information content (AvgIpc) is 2.05. The Morgan fingerprint density at radius 1 is 1.58 bits per heavy atom. The molecular weight excluding hydrogens is 154 g/mol. The van der Waals surface area contributed by atoms with E-state index in [9.17, 15) is 9.90 Å². The van der Waals surface area contributed by atoms with Crippen LogP contribution in [0.5, 0.6) is 0 Å². The molecule has 3 heteroatoms. The van der Waals surface area contributed by atoms with Crippen molar-refractivity contribution >= 4 is 11.7 Å². The summed E-state index contributed by atoms with van der Waals surface area (Å²) >= 11 is 0. The maximum atomic E-state index is 10.4. The molecule has 64 valence electrons. The van der Waals surface area contributed by atoms with Crippen molar-refractivity contribution in [3.8, 4) is 0 Å². The lowest BCUT2D eigenvalue weighted by atomic mass is 10.2. The van der Waals surface area contributed by atoms with E-state index in [0.29, 0.717) is 0 Å². The van der Waals surface area contributed by atoms with Crippen molar-refractivity contribution in [2.24, 2.45) is 0 Å². The van der Waals surface area contributed by atoms with Gasteiger partial charge in [-0.3, -0.25) is 0 Å². The summed E-state index contributed by atoms with van der Waals surface area (Å²) in [6, 6.07) is 6.56. The second kappa shape index (κ2) is 3.76. The van der Waals surface area contributed by atoms with Crippen molar-refractivity contribution in [2.45, 2.75) is 6.92 Å². The third-order valence-electron chi connectivity index (χ3n) is 1.48. The molecule has 0 aromatic heterocycles. The monoisotopic (exact) mass is 164 g/mol. The fourth-order valence-electron chi connectivity index (χ4n) is 0.960. The minimum Gasteiger partial charge on any atom is -0.545 e. The molecule has 0 aliphatic carbocycles. The average molecular weight is 164 g/mol. The van der Waals surface area contributed by atoms with Crippen LogP contribution < -0.4 is 10.4 Å². The van der Waals surface area contributed by atoms with Gasteiger partial charge in [-0.2, -0.15) is 0 Å². The van der Waals surface area contributed by atoms with Crippen LogP contribution in [0.2, 0.25) is 0 Å². The number of rotatable bonds is 3. The predicted octanol–water partition coefficient (Wildman–Crippen LogP) is 0.482. The Bertz CT molecular complexity index is 284. The summed E-state index contributed by atoms with van der Waals surface area (Å²) in [7, 11) is 0. The number of carboxylic acids is 1. The fourth-order valence-corrected chi connectivity index (χ4v) is 0.960. The number of carboxylic acid groups (broad SMARTS) is 1. The van der Waals surface area contributed by atoms with Crippen molar-refractivity contribution < 1.29 is 9.90 Å². The van der Waals surface area contributed by atoms with Crippen LogP contribution in [0.3, 0.4) is 0 Å². The summed E-state index contributed by atoms with van der Waals surface area (Å²) in [5, 5.41) is 13.4. The highest BCUT2D eigenvalue weighted by atomic mass is 16.4. The highest BCUT2D eigenvalue weighted by Crippen LogP contribution is 2.08. The van der Waals surface area contributed by atoms with Crippen LogP contribution in [0.25, 0.3) is 0 Å². The molecule has 1 aromatic rings. The molecule has 0 aliphatic heterocycles. The predicted molar refractivity (Wildman–Crippen MR) is 44.9 cm³/mol. The highest BCUT2D eigenvalue weighted by Gasteiger charge is 1.93. The first-order valence-electron chi connectivity index (χ1n) is 3.79. The van der Waals surface area contributed by atoms with Crippen molar-refractivity contribution in [3.63, 3.8) is 0 Å². The van der Waals surface area contributed by atoms with Crippen LogP contribution >= 0.6 is 0 Å². The zero-order valence-corrected chi connectivity index (χ0v) is 6.83. The molecule has 12 heavy (non-hydrogen) atoms. The van der Waals surface area contributed by atoms with Crippen LogP contribution in [0.15, 0.2) is 24.3 Å². The van der Waals surface area contributed by atoms with Gasteiger partial charge in [-0.25, -0.2) is 0 Å². The normalized spacial score (nSPS) is 9.42. The van der Waals surface area contributed by atoms with Gasteiger partial charge in [-0.1, -0.05) is 12.1 Å². The van der Waals surface area contributed by atoms with Gasteiger partial charge in [-0.15, -0.1) is 0 Å². The fraction of sp³-hybridized carbons (Fsp3) is 0.222. The molecule has 1 N–H and O–H groups in total. The van der Waals surface area contributed by atoms with E-state index in [1.807, 2.05) is 13.0 Å². The van der Waals surface area contributed by atoms with Gasteiger partial charge >= 0.3 is 0 Å². The zero-order chi connectivity index (χ0) is 8.97. The number of hydrogen-bond donors (Lipinski definition) is 1. The summed E-state index contributed by atoms with van der Waals surface area (Å²) in [6.45, 7) is 2.72. The van der Waals surface area contributed by atoms with Crippen LogP contribution in [0, 0.1) is 0 Å². The maximum absolute atomic E-state index is 10.4. The minimum atomic E-state index is -1.14. The first-order chi connectivity index (χ1) is 5.74. The Hall–Kier alpha value is -1.51. The van der Waals surface area contributed by atoms with Crippen molar-refractivity contribution in [1.29, 1.82) is 0 Å². The molecule has 0 fully saturated rings. The topological polar surface area (TPSA) is 52.2 Å². The summed E-state index contributed by atoms with van der Waals surface area (Å²) in [5.74, 6) is -1.14. The lowest BCUT2D eigenvalue weighted by Gasteiger charge is -2.06. The molecular formula is C9H10NO2-. The molecule has 0 atom stereocenters. The Balaban J connectivity index is 2.88. The van der Waals surface area contributed by atoms with Gasteiger partial charge in [0.1, 0.15) is 0 Å². The number of benzene rings is 1. The third kappa shape index (κ3) is 1.99. The molecule has 3 nitrogen and oxygen atoms in total. The van der Waals surface area contributed by atoms with Gasteiger partial charge in [0, 0.05) is 12.2 Å². The van der Waals surface area contributed by atoms with Crippen LogP contribution in [-0.4, -0.2) is 12.5 Å². The lowest BCUT2D eigenvalue weighted by molar-refractivity contribution is -0.255. The minimum absolute atomic E-state index is 0.202. The largest absolute Gasteiger partial charge is 0.545 e. The maximum Gasteiger partial charge on any atom is 0.0716 e. The Labute approximate surface area is 71.0 Å². The standard InChI is InChI=1S/C9H11NO2/c1-2-10-8-5-3-4-7(6-8)9(11)12/h3-6,10H,2H2,1H3,(H,11,12)/p-1. The zero-order valence-electron chi connectivity index (χ0n) is 6.83. The molecule has 0 saturated carbocycles. The smallest absolute Gasteiger partial charge is 0.0716 e. The van der Waals surface area contributed by atoms with E-state index in [2.05, 4.69) is 5.32 Å². The Morgan fingerprint density at radius 2 is 2.33 bits per heavy atom. The lowest BCUT2D eigenvalue weighted by Crippen LogP contribution is -2.22. The second-order valence-corrected chi connectivity index (χ2v) is 2.40. The van der Waals surface area contributed by atoms with Crippen molar-refractivity contribution in [2.75, 3.05) is 11.9 Å². The van der Waals surface area contributed by atoms with Crippen molar-refractivity contribution in [1.82, 2.24) is 0 Å². The number of anilines is 1. The molecule has 0 radical (unpaired) electrons. The first kappa shape index (κ1) is 8.59. The second-order valence-electron chi connectivity index (χ2n) is 2.40. The SMILES string of the molecule is CCNc1cccc(C(=O)[O-])c1. The molecule has 0 unspecified atom stereocenters. The summed E-state index contributed by atoms with van der Waals surface area (Å²) in [4.78, 5) is 10.4.